The predicted octanol–water partition coefficient (Wildman–Crippen LogP) is 3.25. The van der Waals surface area contributed by atoms with E-state index in [-0.39, 0.29) is 27.0 Å². The molecule has 0 atom stereocenters. The summed E-state index contributed by atoms with van der Waals surface area (Å²) in [5.74, 6) is -0.0457. The van der Waals surface area contributed by atoms with E-state index >= 15 is 0 Å². The van der Waals surface area contributed by atoms with Crippen LogP contribution in [0.1, 0.15) is 5.69 Å². The Kier molecular flexibility index (Phi) is 4.51. The molecule has 2 aromatic heterocycles. The van der Waals surface area contributed by atoms with Crippen LogP contribution in [0.5, 0.6) is 0 Å². The van der Waals surface area contributed by atoms with Gasteiger partial charge in [-0.1, -0.05) is 11.6 Å². The number of hydrogen-bond donors (Lipinski definition) is 1. The van der Waals surface area contributed by atoms with E-state index in [9.17, 15) is 21.6 Å². The summed E-state index contributed by atoms with van der Waals surface area (Å²) in [6.45, 7) is 0. The number of pyridine rings is 1. The van der Waals surface area contributed by atoms with Crippen molar-refractivity contribution in [2.45, 2.75) is 11.1 Å². The fourth-order valence-electron chi connectivity index (χ4n) is 2.25. The molecule has 0 amide bonds. The van der Waals surface area contributed by atoms with Crippen molar-refractivity contribution in [2.75, 3.05) is 0 Å². The Balaban J connectivity index is 2.18. The van der Waals surface area contributed by atoms with Crippen LogP contribution in [0.4, 0.5) is 13.2 Å². The minimum absolute atomic E-state index is 0.0457. The Hall–Kier alpha value is -2.43. The number of sulfonamides is 1. The lowest BCUT2D eigenvalue weighted by Crippen LogP contribution is -2.12. The van der Waals surface area contributed by atoms with Gasteiger partial charge >= 0.3 is 6.18 Å². The molecular formula is C15H10ClF3N4O2S. The van der Waals surface area contributed by atoms with Crippen LogP contribution in [-0.4, -0.2) is 23.0 Å². The van der Waals surface area contributed by atoms with Crippen molar-refractivity contribution in [1.29, 1.82) is 0 Å². The molecule has 3 aromatic rings. The van der Waals surface area contributed by atoms with Gasteiger partial charge in [-0.25, -0.2) is 18.5 Å². The summed E-state index contributed by atoms with van der Waals surface area (Å²) in [5.41, 5.74) is -0.582. The van der Waals surface area contributed by atoms with Gasteiger partial charge in [0.2, 0.25) is 10.0 Å². The molecule has 2 heterocycles. The normalized spacial score (nSPS) is 12.3. The van der Waals surface area contributed by atoms with Crippen molar-refractivity contribution < 1.29 is 21.6 Å². The number of benzene rings is 1. The first-order valence-electron chi connectivity index (χ1n) is 6.96. The molecule has 1 aromatic carbocycles. The smallest absolute Gasteiger partial charge is 0.299 e. The number of nitrogens with zero attached hydrogens (tertiary/aromatic N) is 3. The fourth-order valence-corrected chi connectivity index (χ4v) is 2.94. The molecular weight excluding hydrogens is 393 g/mol. The summed E-state index contributed by atoms with van der Waals surface area (Å²) in [6.07, 6.45) is -1.19. The number of rotatable bonds is 3. The van der Waals surface area contributed by atoms with Crippen molar-refractivity contribution in [3.05, 3.63) is 59.6 Å². The second-order valence-corrected chi connectivity index (χ2v) is 7.25. The minimum atomic E-state index is -4.66. The SMILES string of the molecule is NS(=O)(=O)c1ccc(-n2cc(C(F)(F)F)nc2-c2cncc(Cl)c2)cc1. The standard InChI is InChI=1S/C15H10ClF3N4O2S/c16-10-5-9(6-21-7-10)14-22-13(15(17,18)19)8-23(14)11-1-3-12(4-2-11)26(20,24)25/h1-8H,(H2,20,24,25). The monoisotopic (exact) mass is 402 g/mol. The first kappa shape index (κ1) is 18.4. The average Bonchev–Trinajstić information content (AvgIpc) is 3.00. The molecule has 0 saturated heterocycles. The van der Waals surface area contributed by atoms with Crippen molar-refractivity contribution in [3.8, 4) is 17.1 Å². The van der Waals surface area contributed by atoms with Crippen LogP contribution < -0.4 is 5.14 Å². The molecule has 0 spiro atoms. The third-order valence-electron chi connectivity index (χ3n) is 3.40. The Bertz CT molecular complexity index is 1060. The van der Waals surface area contributed by atoms with Crippen molar-refractivity contribution >= 4 is 21.6 Å². The third-order valence-corrected chi connectivity index (χ3v) is 4.54. The van der Waals surface area contributed by atoms with Crippen LogP contribution in [-0.2, 0) is 16.2 Å². The zero-order chi connectivity index (χ0) is 19.1. The van der Waals surface area contributed by atoms with E-state index in [0.717, 1.165) is 6.20 Å². The van der Waals surface area contributed by atoms with Crippen molar-refractivity contribution in [1.82, 2.24) is 14.5 Å². The first-order valence-corrected chi connectivity index (χ1v) is 8.89. The maximum Gasteiger partial charge on any atom is 0.434 e. The molecule has 0 saturated carbocycles. The van der Waals surface area contributed by atoms with Crippen LogP contribution in [0, 0.1) is 0 Å². The molecule has 11 heteroatoms. The van der Waals surface area contributed by atoms with E-state index in [2.05, 4.69) is 9.97 Å². The molecule has 26 heavy (non-hydrogen) atoms. The maximum absolute atomic E-state index is 13.1. The van der Waals surface area contributed by atoms with Crippen LogP contribution in [0.3, 0.4) is 0 Å². The molecule has 0 fully saturated rings. The molecule has 6 nitrogen and oxygen atoms in total. The Morgan fingerprint density at radius 3 is 2.31 bits per heavy atom. The van der Waals surface area contributed by atoms with E-state index < -0.39 is 21.9 Å². The van der Waals surface area contributed by atoms with E-state index in [1.54, 1.807) is 0 Å². The second-order valence-electron chi connectivity index (χ2n) is 5.25. The number of nitrogens with two attached hydrogens (primary N) is 1. The quantitative estimate of drug-likeness (QED) is 0.728. The van der Waals surface area contributed by atoms with E-state index in [1.807, 2.05) is 0 Å². The first-order chi connectivity index (χ1) is 12.1. The zero-order valence-corrected chi connectivity index (χ0v) is 14.3. The summed E-state index contributed by atoms with van der Waals surface area (Å²) in [5, 5.41) is 5.26. The molecule has 2 N–H and O–H groups in total. The van der Waals surface area contributed by atoms with Crippen LogP contribution in [0.15, 0.2) is 53.8 Å². The molecule has 0 unspecified atom stereocenters. The topological polar surface area (TPSA) is 90.9 Å². The predicted molar refractivity (Wildman–Crippen MR) is 88.2 cm³/mol. The summed E-state index contributed by atoms with van der Waals surface area (Å²) in [6, 6.07) is 6.45. The largest absolute Gasteiger partial charge is 0.434 e. The Labute approximate surface area is 151 Å². The Morgan fingerprint density at radius 1 is 1.12 bits per heavy atom. The number of imidazole rings is 1. The van der Waals surface area contributed by atoms with Crippen LogP contribution >= 0.6 is 11.6 Å². The van der Waals surface area contributed by atoms with Gasteiger partial charge < -0.3 is 0 Å². The van der Waals surface area contributed by atoms with Gasteiger partial charge in [0.1, 0.15) is 5.82 Å². The van der Waals surface area contributed by atoms with Gasteiger partial charge in [0, 0.05) is 29.8 Å². The summed E-state index contributed by atoms with van der Waals surface area (Å²) < 4.78 is 63.1. The summed E-state index contributed by atoms with van der Waals surface area (Å²) in [4.78, 5) is 7.32. The lowest BCUT2D eigenvalue weighted by molar-refractivity contribution is -0.140. The molecule has 0 aliphatic heterocycles. The van der Waals surface area contributed by atoms with Gasteiger partial charge in [-0.2, -0.15) is 13.2 Å². The van der Waals surface area contributed by atoms with Gasteiger partial charge in [-0.3, -0.25) is 9.55 Å². The lowest BCUT2D eigenvalue weighted by Gasteiger charge is -2.08. The molecule has 0 aliphatic carbocycles. The molecule has 136 valence electrons. The molecule has 0 aliphatic rings. The maximum atomic E-state index is 13.1. The number of aromatic nitrogens is 3. The molecule has 0 bridgehead atoms. The van der Waals surface area contributed by atoms with Crippen LogP contribution in [0.2, 0.25) is 5.02 Å². The fraction of sp³-hybridized carbons (Fsp3) is 0.0667. The average molecular weight is 403 g/mol. The third kappa shape index (κ3) is 3.71. The van der Waals surface area contributed by atoms with E-state index in [0.29, 0.717) is 0 Å². The van der Waals surface area contributed by atoms with Crippen molar-refractivity contribution in [3.63, 3.8) is 0 Å². The van der Waals surface area contributed by atoms with Gasteiger partial charge in [0.25, 0.3) is 0 Å². The van der Waals surface area contributed by atoms with E-state index in [1.165, 1.54) is 47.3 Å². The highest BCUT2D eigenvalue weighted by atomic mass is 35.5. The van der Waals surface area contributed by atoms with Gasteiger partial charge in [-0.15, -0.1) is 0 Å². The number of primary sulfonamides is 1. The number of hydrogen-bond acceptors (Lipinski definition) is 4. The lowest BCUT2D eigenvalue weighted by atomic mass is 10.2. The van der Waals surface area contributed by atoms with Crippen LogP contribution in [0.25, 0.3) is 17.1 Å². The Morgan fingerprint density at radius 2 is 1.77 bits per heavy atom. The van der Waals surface area contributed by atoms with Gasteiger partial charge in [-0.05, 0) is 30.3 Å². The number of halogens is 4. The highest BCUT2D eigenvalue weighted by Gasteiger charge is 2.35. The molecule has 3 rings (SSSR count). The second kappa shape index (κ2) is 6.38. The van der Waals surface area contributed by atoms with E-state index in [4.69, 9.17) is 16.7 Å². The zero-order valence-electron chi connectivity index (χ0n) is 12.8. The summed E-state index contributed by atoms with van der Waals surface area (Å²) >= 11 is 5.86. The summed E-state index contributed by atoms with van der Waals surface area (Å²) in [7, 11) is -3.92. The van der Waals surface area contributed by atoms with Gasteiger partial charge in [0.05, 0.1) is 9.92 Å². The highest BCUT2D eigenvalue weighted by molar-refractivity contribution is 7.89. The minimum Gasteiger partial charge on any atom is -0.299 e. The highest BCUT2D eigenvalue weighted by Crippen LogP contribution is 2.33. The van der Waals surface area contributed by atoms with Crippen molar-refractivity contribution in [2.24, 2.45) is 5.14 Å². The number of alkyl halides is 3. The molecule has 0 radical (unpaired) electrons. The van der Waals surface area contributed by atoms with Gasteiger partial charge in [0.15, 0.2) is 5.69 Å².